The molecule has 0 spiro atoms. The van der Waals surface area contributed by atoms with Gasteiger partial charge < -0.3 is 4.74 Å². The molecule has 3 nitrogen and oxygen atoms in total. The smallest absolute Gasteiger partial charge is 0.491 e. The lowest BCUT2D eigenvalue weighted by molar-refractivity contribution is -0.325. The largest absolute Gasteiger partial charge is 0.522 e. The molecule has 0 saturated carbocycles. The summed E-state index contributed by atoms with van der Waals surface area (Å²) in [5, 5.41) is 0.933. The molecule has 1 heterocycles. The van der Waals surface area contributed by atoms with Gasteiger partial charge in [-0.2, -0.15) is 0 Å². The van der Waals surface area contributed by atoms with Gasteiger partial charge in [-0.1, -0.05) is 0 Å². The van der Waals surface area contributed by atoms with Gasteiger partial charge in [-0.25, -0.2) is 4.98 Å². The van der Waals surface area contributed by atoms with E-state index >= 15 is 0 Å². The predicted molar refractivity (Wildman–Crippen MR) is 61.9 cm³/mol. The topological polar surface area (TPSA) is 31.4 Å². The first-order chi connectivity index (χ1) is 8.44. The SMILES string of the molecule is Cc1nc2cc(OCCOC(F)(F)F)ccc2s1. The van der Waals surface area contributed by atoms with Crippen LogP contribution < -0.4 is 4.74 Å². The summed E-state index contributed by atoms with van der Waals surface area (Å²) in [5.74, 6) is 0.485. The number of nitrogens with zero attached hydrogens (tertiary/aromatic N) is 1. The Morgan fingerprint density at radius 1 is 1.28 bits per heavy atom. The third-order valence-electron chi connectivity index (χ3n) is 2.08. The quantitative estimate of drug-likeness (QED) is 0.801. The Bertz CT molecular complexity index is 539. The van der Waals surface area contributed by atoms with Crippen molar-refractivity contribution in [3.05, 3.63) is 23.2 Å². The first kappa shape index (κ1) is 13.1. The van der Waals surface area contributed by atoms with Gasteiger partial charge in [0.1, 0.15) is 12.4 Å². The van der Waals surface area contributed by atoms with Crippen molar-refractivity contribution >= 4 is 21.6 Å². The average molecular weight is 277 g/mol. The molecular weight excluding hydrogens is 267 g/mol. The van der Waals surface area contributed by atoms with E-state index in [9.17, 15) is 13.2 Å². The van der Waals surface area contributed by atoms with E-state index in [4.69, 9.17) is 4.74 Å². The van der Waals surface area contributed by atoms with Crippen molar-refractivity contribution in [1.29, 1.82) is 0 Å². The van der Waals surface area contributed by atoms with Gasteiger partial charge in [0.25, 0.3) is 0 Å². The molecule has 0 saturated heterocycles. The normalized spacial score (nSPS) is 12.0. The molecule has 0 unspecified atom stereocenters. The Kier molecular flexibility index (Phi) is 3.72. The molecule has 0 aliphatic carbocycles. The number of aryl methyl sites for hydroxylation is 1. The molecule has 98 valence electrons. The van der Waals surface area contributed by atoms with Crippen molar-refractivity contribution in [2.75, 3.05) is 13.2 Å². The summed E-state index contributed by atoms with van der Waals surface area (Å²) in [6.45, 7) is 1.20. The van der Waals surface area contributed by atoms with E-state index in [0.29, 0.717) is 5.75 Å². The average Bonchev–Trinajstić information content (AvgIpc) is 2.62. The molecule has 0 amide bonds. The van der Waals surface area contributed by atoms with Crippen molar-refractivity contribution in [2.24, 2.45) is 0 Å². The third-order valence-corrected chi connectivity index (χ3v) is 3.04. The molecule has 0 radical (unpaired) electrons. The van der Waals surface area contributed by atoms with Gasteiger partial charge in [-0.05, 0) is 19.1 Å². The fourth-order valence-corrected chi connectivity index (χ4v) is 2.24. The summed E-state index contributed by atoms with van der Waals surface area (Å²) in [5.41, 5.74) is 0.784. The second-order valence-electron chi connectivity index (χ2n) is 3.51. The van der Waals surface area contributed by atoms with Crippen LogP contribution >= 0.6 is 11.3 Å². The highest BCUT2D eigenvalue weighted by Crippen LogP contribution is 2.25. The number of fused-ring (bicyclic) bond motifs is 1. The highest BCUT2D eigenvalue weighted by atomic mass is 32.1. The molecule has 0 aliphatic rings. The van der Waals surface area contributed by atoms with E-state index in [-0.39, 0.29) is 6.61 Å². The van der Waals surface area contributed by atoms with Crippen LogP contribution in [-0.2, 0) is 4.74 Å². The number of thiazole rings is 1. The van der Waals surface area contributed by atoms with Crippen LogP contribution in [0, 0.1) is 6.92 Å². The number of ether oxygens (including phenoxy) is 2. The molecule has 0 N–H and O–H groups in total. The van der Waals surface area contributed by atoms with Crippen molar-refractivity contribution in [1.82, 2.24) is 4.98 Å². The van der Waals surface area contributed by atoms with Crippen LogP contribution in [0.5, 0.6) is 5.75 Å². The van der Waals surface area contributed by atoms with Crippen molar-refractivity contribution < 1.29 is 22.6 Å². The summed E-state index contributed by atoms with van der Waals surface area (Å²) in [6.07, 6.45) is -4.61. The first-order valence-corrected chi connectivity index (χ1v) is 5.96. The molecule has 0 fully saturated rings. The Morgan fingerprint density at radius 2 is 2.06 bits per heavy atom. The molecule has 2 rings (SSSR count). The van der Waals surface area contributed by atoms with Crippen molar-refractivity contribution in [3.63, 3.8) is 0 Å². The van der Waals surface area contributed by atoms with Crippen LogP contribution in [0.3, 0.4) is 0 Å². The summed E-state index contributed by atoms with van der Waals surface area (Å²) < 4.78 is 44.9. The zero-order valence-electron chi connectivity index (χ0n) is 9.45. The number of alkyl halides is 3. The Balaban J connectivity index is 1.91. The lowest BCUT2D eigenvalue weighted by Gasteiger charge is -2.08. The van der Waals surface area contributed by atoms with Gasteiger partial charge in [-0.3, -0.25) is 4.74 Å². The van der Waals surface area contributed by atoms with E-state index in [2.05, 4.69) is 9.72 Å². The van der Waals surface area contributed by atoms with Crippen LogP contribution in [0.1, 0.15) is 5.01 Å². The molecule has 0 atom stereocenters. The molecular formula is C11H10F3NO2S. The monoisotopic (exact) mass is 277 g/mol. The minimum Gasteiger partial charge on any atom is -0.491 e. The van der Waals surface area contributed by atoms with E-state index in [0.717, 1.165) is 15.2 Å². The molecule has 2 aromatic rings. The summed E-state index contributed by atoms with van der Waals surface area (Å²) in [7, 11) is 0. The lowest BCUT2D eigenvalue weighted by atomic mass is 10.3. The highest BCUT2D eigenvalue weighted by molar-refractivity contribution is 7.18. The van der Waals surface area contributed by atoms with Crippen LogP contribution in [0.25, 0.3) is 10.2 Å². The summed E-state index contributed by atoms with van der Waals surface area (Å²) >= 11 is 1.55. The fourth-order valence-electron chi connectivity index (χ4n) is 1.43. The molecule has 0 bridgehead atoms. The standard InChI is InChI=1S/C11H10F3NO2S/c1-7-15-9-6-8(2-3-10(9)18-7)16-4-5-17-11(12,13)14/h2-3,6H,4-5H2,1H3. The van der Waals surface area contributed by atoms with Crippen LogP contribution in [0.4, 0.5) is 13.2 Å². The minimum atomic E-state index is -4.61. The van der Waals surface area contributed by atoms with E-state index in [1.165, 1.54) is 0 Å². The van der Waals surface area contributed by atoms with Gasteiger partial charge >= 0.3 is 6.36 Å². The Hall–Kier alpha value is -1.34. The summed E-state index contributed by atoms with van der Waals surface area (Å²) in [4.78, 5) is 4.27. The van der Waals surface area contributed by atoms with Crippen LogP contribution in [0.15, 0.2) is 18.2 Å². The first-order valence-electron chi connectivity index (χ1n) is 5.15. The molecule has 7 heteroatoms. The molecule has 0 aliphatic heterocycles. The van der Waals surface area contributed by atoms with E-state index < -0.39 is 13.0 Å². The maximum Gasteiger partial charge on any atom is 0.522 e. The third kappa shape index (κ3) is 3.58. The number of rotatable bonds is 4. The van der Waals surface area contributed by atoms with Gasteiger partial charge in [-0.15, -0.1) is 24.5 Å². The maximum absolute atomic E-state index is 11.7. The van der Waals surface area contributed by atoms with E-state index in [1.807, 2.05) is 13.0 Å². The van der Waals surface area contributed by atoms with Gasteiger partial charge in [0.2, 0.25) is 0 Å². The highest BCUT2D eigenvalue weighted by Gasteiger charge is 2.28. The van der Waals surface area contributed by atoms with Crippen LogP contribution in [0.2, 0.25) is 0 Å². The minimum absolute atomic E-state index is 0.159. The van der Waals surface area contributed by atoms with Gasteiger partial charge in [0.15, 0.2) is 0 Å². The predicted octanol–water partition coefficient (Wildman–Crippen LogP) is 3.52. The molecule has 1 aromatic carbocycles. The number of benzene rings is 1. The molecule has 1 aromatic heterocycles. The number of hydrogen-bond acceptors (Lipinski definition) is 4. The fraction of sp³-hybridized carbons (Fsp3) is 0.364. The summed E-state index contributed by atoms with van der Waals surface area (Å²) in [6, 6.07) is 5.24. The Morgan fingerprint density at radius 3 is 2.78 bits per heavy atom. The lowest BCUT2D eigenvalue weighted by Crippen LogP contribution is -2.18. The maximum atomic E-state index is 11.7. The van der Waals surface area contributed by atoms with Gasteiger partial charge in [0.05, 0.1) is 21.8 Å². The second-order valence-corrected chi connectivity index (χ2v) is 4.74. The van der Waals surface area contributed by atoms with Crippen LogP contribution in [-0.4, -0.2) is 24.6 Å². The van der Waals surface area contributed by atoms with Crippen molar-refractivity contribution in [2.45, 2.75) is 13.3 Å². The zero-order chi connectivity index (χ0) is 13.2. The zero-order valence-corrected chi connectivity index (χ0v) is 10.3. The number of halogens is 3. The number of aromatic nitrogens is 1. The van der Waals surface area contributed by atoms with E-state index in [1.54, 1.807) is 23.5 Å². The number of hydrogen-bond donors (Lipinski definition) is 0. The van der Waals surface area contributed by atoms with Gasteiger partial charge in [0, 0.05) is 6.07 Å². The van der Waals surface area contributed by atoms with Crippen molar-refractivity contribution in [3.8, 4) is 5.75 Å². The second kappa shape index (κ2) is 5.11. The molecule has 18 heavy (non-hydrogen) atoms. The Labute approximate surface area is 105 Å².